The van der Waals surface area contributed by atoms with Crippen LogP contribution in [0, 0.1) is 29.1 Å². The highest BCUT2D eigenvalue weighted by Gasteiger charge is 2.50. The fraction of sp³-hybridized carbons (Fsp3) is 0.464. The van der Waals surface area contributed by atoms with Crippen molar-refractivity contribution in [3.8, 4) is 0 Å². The van der Waals surface area contributed by atoms with Gasteiger partial charge in [0.2, 0.25) is 0 Å². The zero-order chi connectivity index (χ0) is 24.8. The number of rotatable bonds is 6. The Hall–Kier alpha value is -2.22. The van der Waals surface area contributed by atoms with Crippen LogP contribution in [-0.2, 0) is 23.1 Å². The summed E-state index contributed by atoms with van der Waals surface area (Å²) in [7, 11) is 0. The zero-order valence-corrected chi connectivity index (χ0v) is 21.2. The van der Waals surface area contributed by atoms with E-state index >= 15 is 0 Å². The van der Waals surface area contributed by atoms with Gasteiger partial charge in [0.1, 0.15) is 0 Å². The summed E-state index contributed by atoms with van der Waals surface area (Å²) in [5.74, 6) is -1.65. The molecule has 4 heterocycles. The zero-order valence-electron chi connectivity index (χ0n) is 20.4. The molecule has 2 atom stereocenters. The molecule has 0 amide bonds. The molecule has 35 heavy (non-hydrogen) atoms. The van der Waals surface area contributed by atoms with Gasteiger partial charge in [-0.2, -0.15) is 4.39 Å². The van der Waals surface area contributed by atoms with Crippen molar-refractivity contribution in [1.29, 1.82) is 0 Å². The molecule has 1 aromatic carbocycles. The molecule has 2 aliphatic rings. The number of aryl methyl sites for hydroxylation is 2. The predicted molar refractivity (Wildman–Crippen MR) is 132 cm³/mol. The topological polar surface area (TPSA) is 25.4 Å². The molecule has 0 unspecified atom stereocenters. The van der Waals surface area contributed by atoms with Gasteiger partial charge in [-0.3, -0.25) is 9.88 Å². The first-order valence-electron chi connectivity index (χ1n) is 12.2. The highest BCUT2D eigenvalue weighted by atomic mass is 32.1. The summed E-state index contributed by atoms with van der Waals surface area (Å²) >= 11 is 1.17. The van der Waals surface area contributed by atoms with Gasteiger partial charge in [0.25, 0.3) is 0 Å². The monoisotopic (exact) mass is 500 g/mol. The lowest BCUT2D eigenvalue weighted by atomic mass is 9.72. The molecular formula is C28H31F3N2OS. The second kappa shape index (κ2) is 9.34. The van der Waals surface area contributed by atoms with E-state index in [-0.39, 0.29) is 22.2 Å². The normalized spacial score (nSPS) is 23.0. The van der Waals surface area contributed by atoms with Gasteiger partial charge in [0.15, 0.2) is 16.8 Å². The standard InChI is InChI=1S/C28H31F3N2OS/c1-18-4-5-20(16-32-18)27(2,3)33-12-11-28(17-33,10-8-21-6-7-25(31)35-21)26-22-15-24(30)23(29)14-19(22)9-13-34-26/h4-7,14-16,26H,8-13,17H2,1-3H3/t26-,28-/m1/s1. The maximum atomic E-state index is 14.4. The van der Waals surface area contributed by atoms with Gasteiger partial charge in [-0.25, -0.2) is 8.78 Å². The number of benzene rings is 1. The lowest BCUT2D eigenvalue weighted by molar-refractivity contribution is -0.0563. The van der Waals surface area contributed by atoms with Crippen LogP contribution in [0.25, 0.3) is 0 Å². The average molecular weight is 501 g/mol. The Labute approximate surface area is 209 Å². The molecule has 0 radical (unpaired) electrons. The van der Waals surface area contributed by atoms with Gasteiger partial charge in [-0.05, 0) is 100 Å². The Morgan fingerprint density at radius 1 is 1.14 bits per heavy atom. The Bertz CT molecular complexity index is 1210. The van der Waals surface area contributed by atoms with Crippen molar-refractivity contribution in [2.45, 2.75) is 58.1 Å². The van der Waals surface area contributed by atoms with Crippen LogP contribution in [0.4, 0.5) is 13.2 Å². The fourth-order valence-electron chi connectivity index (χ4n) is 5.74. The van der Waals surface area contributed by atoms with Gasteiger partial charge in [-0.1, -0.05) is 6.07 Å². The molecule has 3 aromatic rings. The molecular weight excluding hydrogens is 469 g/mol. The summed E-state index contributed by atoms with van der Waals surface area (Å²) in [4.78, 5) is 7.95. The number of hydrogen-bond donors (Lipinski definition) is 0. The molecule has 0 saturated carbocycles. The van der Waals surface area contributed by atoms with Gasteiger partial charge in [-0.15, -0.1) is 11.3 Å². The van der Waals surface area contributed by atoms with Crippen LogP contribution in [-0.4, -0.2) is 29.6 Å². The first-order valence-corrected chi connectivity index (χ1v) is 13.0. The molecule has 5 rings (SSSR count). The van der Waals surface area contributed by atoms with E-state index in [1.807, 2.05) is 25.3 Å². The lowest BCUT2D eigenvalue weighted by Crippen LogP contribution is -2.43. The van der Waals surface area contributed by atoms with Crippen LogP contribution in [0.1, 0.15) is 60.1 Å². The third-order valence-electron chi connectivity index (χ3n) is 7.97. The van der Waals surface area contributed by atoms with Crippen molar-refractivity contribution in [3.63, 3.8) is 0 Å². The third kappa shape index (κ3) is 4.66. The van der Waals surface area contributed by atoms with Gasteiger partial charge in [0.05, 0.1) is 12.7 Å². The summed E-state index contributed by atoms with van der Waals surface area (Å²) < 4.78 is 48.5. The molecule has 3 nitrogen and oxygen atoms in total. The minimum atomic E-state index is -0.837. The lowest BCUT2D eigenvalue weighted by Gasteiger charge is -2.43. The van der Waals surface area contributed by atoms with E-state index in [0.29, 0.717) is 19.4 Å². The summed E-state index contributed by atoms with van der Waals surface area (Å²) in [5.41, 5.74) is 3.12. The molecule has 7 heteroatoms. The molecule has 0 N–H and O–H groups in total. The molecule has 0 aliphatic carbocycles. The van der Waals surface area contributed by atoms with Crippen molar-refractivity contribution < 1.29 is 17.9 Å². The van der Waals surface area contributed by atoms with E-state index in [1.54, 1.807) is 0 Å². The van der Waals surface area contributed by atoms with E-state index in [9.17, 15) is 13.2 Å². The van der Waals surface area contributed by atoms with Crippen molar-refractivity contribution in [3.05, 3.63) is 86.6 Å². The highest BCUT2D eigenvalue weighted by Crippen LogP contribution is 2.52. The van der Waals surface area contributed by atoms with Gasteiger partial charge >= 0.3 is 0 Å². The fourth-order valence-corrected chi connectivity index (χ4v) is 6.47. The van der Waals surface area contributed by atoms with Crippen LogP contribution in [0.2, 0.25) is 0 Å². The minimum Gasteiger partial charge on any atom is -0.373 e. The molecule has 1 fully saturated rings. The van der Waals surface area contributed by atoms with E-state index in [2.05, 4.69) is 29.8 Å². The smallest absolute Gasteiger partial charge is 0.176 e. The van der Waals surface area contributed by atoms with E-state index in [4.69, 9.17) is 4.74 Å². The Morgan fingerprint density at radius 2 is 1.94 bits per heavy atom. The summed E-state index contributed by atoms with van der Waals surface area (Å²) in [6.07, 6.45) is 4.51. The number of nitrogens with zero attached hydrogens (tertiary/aromatic N) is 2. The van der Waals surface area contributed by atoms with Crippen LogP contribution in [0.5, 0.6) is 0 Å². The Balaban J connectivity index is 1.50. The van der Waals surface area contributed by atoms with Crippen LogP contribution in [0.3, 0.4) is 0 Å². The number of halogens is 3. The summed E-state index contributed by atoms with van der Waals surface area (Å²) in [6, 6.07) is 10.2. The largest absolute Gasteiger partial charge is 0.373 e. The third-order valence-corrected chi connectivity index (χ3v) is 8.90. The second-order valence-corrected chi connectivity index (χ2v) is 11.6. The maximum absolute atomic E-state index is 14.4. The minimum absolute atomic E-state index is 0.188. The quantitative estimate of drug-likeness (QED) is 0.375. The van der Waals surface area contributed by atoms with E-state index in [1.165, 1.54) is 29.5 Å². The average Bonchev–Trinajstić information content (AvgIpc) is 3.46. The predicted octanol–water partition coefficient (Wildman–Crippen LogP) is 6.74. The van der Waals surface area contributed by atoms with Crippen LogP contribution < -0.4 is 0 Å². The molecule has 0 spiro atoms. The first kappa shape index (κ1) is 24.5. The van der Waals surface area contributed by atoms with E-state index < -0.39 is 11.6 Å². The Morgan fingerprint density at radius 3 is 2.66 bits per heavy atom. The number of aromatic nitrogens is 1. The number of ether oxygens (including phenoxy) is 1. The first-order chi connectivity index (χ1) is 16.7. The van der Waals surface area contributed by atoms with Crippen molar-refractivity contribution in [2.75, 3.05) is 19.7 Å². The molecule has 186 valence electrons. The SMILES string of the molecule is Cc1ccc(C(C)(C)N2CC[C@@](CCc3ccc(F)s3)([C@@H]3OCCc4cc(F)c(F)cc43)C2)cn1. The van der Waals surface area contributed by atoms with Crippen molar-refractivity contribution in [2.24, 2.45) is 5.41 Å². The number of pyridine rings is 1. The Kier molecular flexibility index (Phi) is 6.53. The van der Waals surface area contributed by atoms with Gasteiger partial charge in [0, 0.05) is 34.3 Å². The van der Waals surface area contributed by atoms with E-state index in [0.717, 1.165) is 53.2 Å². The van der Waals surface area contributed by atoms with Crippen LogP contribution in [0.15, 0.2) is 42.6 Å². The number of thiophene rings is 1. The molecule has 0 bridgehead atoms. The second-order valence-electron chi connectivity index (χ2n) is 10.5. The van der Waals surface area contributed by atoms with Crippen LogP contribution >= 0.6 is 11.3 Å². The summed E-state index contributed by atoms with van der Waals surface area (Å²) in [5, 5.41) is -0.188. The molecule has 2 aromatic heterocycles. The molecule has 2 aliphatic heterocycles. The maximum Gasteiger partial charge on any atom is 0.176 e. The van der Waals surface area contributed by atoms with Crippen molar-refractivity contribution in [1.82, 2.24) is 9.88 Å². The summed E-state index contributed by atoms with van der Waals surface area (Å²) in [6.45, 7) is 8.45. The number of hydrogen-bond acceptors (Lipinski definition) is 4. The molecule has 1 saturated heterocycles. The number of fused-ring (bicyclic) bond motifs is 1. The van der Waals surface area contributed by atoms with Crippen molar-refractivity contribution >= 4 is 11.3 Å². The van der Waals surface area contributed by atoms with Gasteiger partial charge < -0.3 is 4.74 Å². The highest BCUT2D eigenvalue weighted by molar-refractivity contribution is 7.10. The number of likely N-dealkylation sites (tertiary alicyclic amines) is 1.